The zero-order chi connectivity index (χ0) is 19.7. The summed E-state index contributed by atoms with van der Waals surface area (Å²) in [6, 6.07) is 16.7. The van der Waals surface area contributed by atoms with Crippen molar-refractivity contribution in [2.24, 2.45) is 0 Å². The summed E-state index contributed by atoms with van der Waals surface area (Å²) in [4.78, 5) is 14.8. The molecule has 6 heteroatoms. The maximum Gasteiger partial charge on any atom is 0.224 e. The van der Waals surface area contributed by atoms with Crippen molar-refractivity contribution in [3.63, 3.8) is 0 Å². The number of nitrogens with one attached hydrogen (secondary N) is 1. The van der Waals surface area contributed by atoms with Gasteiger partial charge in [-0.3, -0.25) is 14.5 Å². The fourth-order valence-electron chi connectivity index (χ4n) is 4.02. The van der Waals surface area contributed by atoms with Crippen LogP contribution in [0.25, 0.3) is 11.4 Å². The molecule has 1 heterocycles. The van der Waals surface area contributed by atoms with Crippen LogP contribution in [0.15, 0.2) is 48.5 Å². The Hall–Kier alpha value is -2.73. The van der Waals surface area contributed by atoms with Crippen LogP contribution in [0.3, 0.4) is 0 Å². The molecule has 1 amide bonds. The number of aromatic nitrogens is 3. The van der Waals surface area contributed by atoms with E-state index in [1.54, 1.807) is 0 Å². The Morgan fingerprint density at radius 3 is 2.93 bits per heavy atom. The monoisotopic (exact) mass is 392 g/mol. The van der Waals surface area contributed by atoms with Crippen LogP contribution in [0.2, 0.25) is 0 Å². The third-order valence-electron chi connectivity index (χ3n) is 5.55. The van der Waals surface area contributed by atoms with Crippen LogP contribution in [-0.2, 0) is 17.8 Å². The number of amides is 1. The molecule has 2 aromatic carbocycles. The fraction of sp³-hybridized carbons (Fsp3) is 0.318. The molecule has 0 saturated heterocycles. The van der Waals surface area contributed by atoms with Gasteiger partial charge in [-0.05, 0) is 49.2 Å². The van der Waals surface area contributed by atoms with Crippen LogP contribution in [0.1, 0.15) is 35.6 Å². The number of carbonyl (C=O) groups is 1. The molecule has 3 aromatic rings. The molecule has 0 radical (unpaired) electrons. The van der Waals surface area contributed by atoms with E-state index in [0.29, 0.717) is 17.7 Å². The lowest BCUT2D eigenvalue weighted by Gasteiger charge is -2.25. The Labute approximate surface area is 170 Å². The highest BCUT2D eigenvalue weighted by molar-refractivity contribution is 7.71. The summed E-state index contributed by atoms with van der Waals surface area (Å²) in [5.74, 6) is 0.898. The number of hydrogen-bond acceptors (Lipinski definition) is 3. The van der Waals surface area contributed by atoms with E-state index < -0.39 is 0 Å². The molecule has 0 fully saturated rings. The van der Waals surface area contributed by atoms with E-state index in [1.807, 2.05) is 47.7 Å². The molecule has 1 unspecified atom stereocenters. The van der Waals surface area contributed by atoms with Crippen molar-refractivity contribution in [1.82, 2.24) is 19.7 Å². The van der Waals surface area contributed by atoms with Crippen molar-refractivity contribution in [1.29, 1.82) is 0 Å². The minimum Gasteiger partial charge on any atom is -0.339 e. The zero-order valence-corrected chi connectivity index (χ0v) is 17.0. The molecular formula is C22H24N4OS. The highest BCUT2D eigenvalue weighted by Crippen LogP contribution is 2.35. The van der Waals surface area contributed by atoms with Gasteiger partial charge < -0.3 is 4.90 Å². The van der Waals surface area contributed by atoms with Crippen molar-refractivity contribution in [2.75, 3.05) is 7.05 Å². The van der Waals surface area contributed by atoms with Gasteiger partial charge in [-0.25, -0.2) is 0 Å². The number of benzene rings is 2. The molecule has 1 aliphatic rings. The van der Waals surface area contributed by atoms with E-state index in [2.05, 4.69) is 34.5 Å². The van der Waals surface area contributed by atoms with Crippen molar-refractivity contribution in [2.45, 2.75) is 38.8 Å². The van der Waals surface area contributed by atoms with Gasteiger partial charge in [0.2, 0.25) is 5.91 Å². The van der Waals surface area contributed by atoms with Crippen LogP contribution in [0.5, 0.6) is 0 Å². The molecule has 0 saturated carbocycles. The Balaban J connectivity index is 1.49. The van der Waals surface area contributed by atoms with Crippen LogP contribution in [0, 0.1) is 11.7 Å². The first-order chi connectivity index (χ1) is 13.5. The standard InChI is InChI=1S/C22H24N4OS/c1-15-6-5-8-17(14-15)21-23-24-22(28)26(21)13-12-20(27)25(2)19-11-10-16-7-3-4-9-18(16)19/h3-9,14,19H,10-13H2,1-2H3,(H,24,28). The van der Waals surface area contributed by atoms with Crippen molar-refractivity contribution >= 4 is 18.1 Å². The maximum atomic E-state index is 12.9. The number of aryl methyl sites for hydroxylation is 2. The highest BCUT2D eigenvalue weighted by Gasteiger charge is 2.28. The Morgan fingerprint density at radius 2 is 2.11 bits per heavy atom. The van der Waals surface area contributed by atoms with Crippen molar-refractivity contribution in [3.8, 4) is 11.4 Å². The van der Waals surface area contributed by atoms with Gasteiger partial charge in [0.05, 0.1) is 6.04 Å². The summed E-state index contributed by atoms with van der Waals surface area (Å²) < 4.78 is 2.46. The molecular weight excluding hydrogens is 368 g/mol. The maximum absolute atomic E-state index is 12.9. The quantitative estimate of drug-likeness (QED) is 0.653. The number of aromatic amines is 1. The van der Waals surface area contributed by atoms with E-state index in [0.717, 1.165) is 29.8 Å². The molecule has 0 aliphatic heterocycles. The second-order valence-corrected chi connectivity index (χ2v) is 7.77. The minimum absolute atomic E-state index is 0.125. The number of rotatable bonds is 5. The summed E-state index contributed by atoms with van der Waals surface area (Å²) in [5.41, 5.74) is 4.79. The summed E-state index contributed by atoms with van der Waals surface area (Å²) >= 11 is 5.40. The average Bonchev–Trinajstić information content (AvgIpc) is 3.29. The third kappa shape index (κ3) is 3.52. The smallest absolute Gasteiger partial charge is 0.224 e. The number of carbonyl (C=O) groups excluding carboxylic acids is 1. The third-order valence-corrected chi connectivity index (χ3v) is 5.86. The van der Waals surface area contributed by atoms with Gasteiger partial charge in [-0.2, -0.15) is 5.10 Å². The molecule has 1 aromatic heterocycles. The second kappa shape index (κ2) is 7.72. The molecule has 5 nitrogen and oxygen atoms in total. The lowest BCUT2D eigenvalue weighted by Crippen LogP contribution is -2.30. The minimum atomic E-state index is 0.125. The largest absolute Gasteiger partial charge is 0.339 e. The van der Waals surface area contributed by atoms with Gasteiger partial charge in [0.1, 0.15) is 0 Å². The average molecular weight is 393 g/mol. The fourth-order valence-corrected chi connectivity index (χ4v) is 4.25. The van der Waals surface area contributed by atoms with Gasteiger partial charge in [-0.15, -0.1) is 0 Å². The zero-order valence-electron chi connectivity index (χ0n) is 16.2. The van der Waals surface area contributed by atoms with Crippen molar-refractivity contribution < 1.29 is 4.79 Å². The van der Waals surface area contributed by atoms with Crippen LogP contribution < -0.4 is 0 Å². The summed E-state index contributed by atoms with van der Waals surface area (Å²) in [6.45, 7) is 2.56. The van der Waals surface area contributed by atoms with Crippen molar-refractivity contribution in [3.05, 3.63) is 70.0 Å². The van der Waals surface area contributed by atoms with E-state index in [-0.39, 0.29) is 11.9 Å². The summed E-state index contributed by atoms with van der Waals surface area (Å²) in [6.07, 6.45) is 2.41. The van der Waals surface area contributed by atoms with Crippen LogP contribution in [0.4, 0.5) is 0 Å². The number of H-pyrrole nitrogens is 1. The van der Waals surface area contributed by atoms with Gasteiger partial charge in [0, 0.05) is 25.6 Å². The topological polar surface area (TPSA) is 53.9 Å². The van der Waals surface area contributed by atoms with E-state index >= 15 is 0 Å². The van der Waals surface area contributed by atoms with Gasteiger partial charge in [-0.1, -0.05) is 48.0 Å². The number of hydrogen-bond donors (Lipinski definition) is 1. The predicted octanol–water partition coefficient (Wildman–Crippen LogP) is 4.45. The lowest BCUT2D eigenvalue weighted by molar-refractivity contribution is -0.132. The first-order valence-electron chi connectivity index (χ1n) is 9.60. The predicted molar refractivity (Wildman–Crippen MR) is 112 cm³/mol. The van der Waals surface area contributed by atoms with Gasteiger partial charge >= 0.3 is 0 Å². The molecule has 28 heavy (non-hydrogen) atoms. The molecule has 1 N–H and O–H groups in total. The molecule has 1 aliphatic carbocycles. The lowest BCUT2D eigenvalue weighted by atomic mass is 10.1. The van der Waals surface area contributed by atoms with Crippen LogP contribution in [-0.4, -0.2) is 32.6 Å². The van der Waals surface area contributed by atoms with Crippen LogP contribution >= 0.6 is 12.2 Å². The SMILES string of the molecule is Cc1cccc(-c2n[nH]c(=S)n2CCC(=O)N(C)C2CCc3ccccc32)c1. The molecule has 0 spiro atoms. The first-order valence-corrected chi connectivity index (χ1v) is 10.0. The molecule has 0 bridgehead atoms. The Morgan fingerprint density at radius 1 is 1.29 bits per heavy atom. The second-order valence-electron chi connectivity index (χ2n) is 7.38. The Kier molecular flexibility index (Phi) is 5.13. The number of fused-ring (bicyclic) bond motifs is 1. The first kappa shape index (κ1) is 18.6. The van der Waals surface area contributed by atoms with Gasteiger partial charge in [0.15, 0.2) is 10.6 Å². The van der Waals surface area contributed by atoms with E-state index in [1.165, 1.54) is 11.1 Å². The summed E-state index contributed by atoms with van der Waals surface area (Å²) in [5, 5.41) is 7.25. The van der Waals surface area contributed by atoms with E-state index in [9.17, 15) is 4.79 Å². The van der Waals surface area contributed by atoms with E-state index in [4.69, 9.17) is 12.2 Å². The molecule has 144 valence electrons. The normalized spacial score (nSPS) is 15.4. The number of nitrogens with zero attached hydrogens (tertiary/aromatic N) is 3. The van der Waals surface area contributed by atoms with Gasteiger partial charge in [0.25, 0.3) is 0 Å². The molecule has 1 atom stereocenters. The highest BCUT2D eigenvalue weighted by atomic mass is 32.1. The Bertz CT molecular complexity index is 1070. The summed E-state index contributed by atoms with van der Waals surface area (Å²) in [7, 11) is 1.91. The molecule has 4 rings (SSSR count).